The van der Waals surface area contributed by atoms with Crippen molar-refractivity contribution >= 4 is 30.4 Å². The fourth-order valence-corrected chi connectivity index (χ4v) is 1.18. The number of rotatable bonds is 8. The van der Waals surface area contributed by atoms with Crippen LogP contribution in [0.2, 0.25) is 0 Å². The first-order chi connectivity index (χ1) is 8.87. The SMILES string of the molecule is N[C@@H](CS)C(=O)N[C@@H](CO)C(=O)N[C@@H](CO)C(=O)O. The molecule has 0 fully saturated rings. The summed E-state index contributed by atoms with van der Waals surface area (Å²) < 4.78 is 0. The zero-order valence-corrected chi connectivity index (χ0v) is 10.8. The molecular weight excluding hydrogens is 278 g/mol. The number of hydrogen-bond acceptors (Lipinski definition) is 7. The fourth-order valence-electron chi connectivity index (χ4n) is 1.01. The third kappa shape index (κ3) is 5.87. The molecule has 0 saturated carbocycles. The van der Waals surface area contributed by atoms with Crippen LogP contribution < -0.4 is 16.4 Å². The Labute approximate surface area is 114 Å². The predicted molar refractivity (Wildman–Crippen MR) is 67.5 cm³/mol. The van der Waals surface area contributed by atoms with Gasteiger partial charge in [0.25, 0.3) is 0 Å². The smallest absolute Gasteiger partial charge is 0.328 e. The van der Waals surface area contributed by atoms with Crippen LogP contribution >= 0.6 is 12.6 Å². The molecule has 10 heteroatoms. The maximum Gasteiger partial charge on any atom is 0.328 e. The van der Waals surface area contributed by atoms with E-state index < -0.39 is 49.1 Å². The average molecular weight is 295 g/mol. The minimum atomic E-state index is -1.52. The summed E-state index contributed by atoms with van der Waals surface area (Å²) in [7, 11) is 0. The molecule has 2 amide bonds. The van der Waals surface area contributed by atoms with Crippen molar-refractivity contribution in [2.45, 2.75) is 18.1 Å². The molecule has 0 heterocycles. The third-order valence-electron chi connectivity index (χ3n) is 2.15. The van der Waals surface area contributed by atoms with E-state index in [4.69, 9.17) is 21.1 Å². The van der Waals surface area contributed by atoms with E-state index in [2.05, 4.69) is 17.9 Å². The third-order valence-corrected chi connectivity index (χ3v) is 2.54. The summed E-state index contributed by atoms with van der Waals surface area (Å²) in [5.41, 5.74) is 5.36. The molecular formula is C9H17N3O6S. The Kier molecular flexibility index (Phi) is 8.07. The van der Waals surface area contributed by atoms with Gasteiger partial charge in [0, 0.05) is 5.75 Å². The van der Waals surface area contributed by atoms with E-state index in [0.717, 1.165) is 0 Å². The molecule has 110 valence electrons. The highest BCUT2D eigenvalue weighted by Crippen LogP contribution is 1.91. The lowest BCUT2D eigenvalue weighted by molar-refractivity contribution is -0.143. The molecule has 0 saturated heterocycles. The number of carboxylic acids is 1. The number of aliphatic hydroxyl groups is 2. The average Bonchev–Trinajstić information content (AvgIpc) is 2.39. The van der Waals surface area contributed by atoms with E-state index >= 15 is 0 Å². The summed E-state index contributed by atoms with van der Waals surface area (Å²) in [6.07, 6.45) is 0. The van der Waals surface area contributed by atoms with Gasteiger partial charge in [0.1, 0.15) is 12.1 Å². The van der Waals surface area contributed by atoms with Crippen LogP contribution in [0, 0.1) is 0 Å². The first kappa shape index (κ1) is 17.6. The van der Waals surface area contributed by atoms with Gasteiger partial charge in [-0.05, 0) is 0 Å². The summed E-state index contributed by atoms with van der Waals surface area (Å²) in [5, 5.41) is 30.4. The zero-order valence-electron chi connectivity index (χ0n) is 9.94. The van der Waals surface area contributed by atoms with Crippen molar-refractivity contribution in [1.82, 2.24) is 10.6 Å². The van der Waals surface area contributed by atoms with Gasteiger partial charge in [0.2, 0.25) is 11.8 Å². The van der Waals surface area contributed by atoms with E-state index in [9.17, 15) is 14.4 Å². The van der Waals surface area contributed by atoms with E-state index in [0.29, 0.717) is 0 Å². The van der Waals surface area contributed by atoms with Gasteiger partial charge in [-0.15, -0.1) is 0 Å². The van der Waals surface area contributed by atoms with Crippen LogP contribution in [0.5, 0.6) is 0 Å². The first-order valence-electron chi connectivity index (χ1n) is 5.29. The lowest BCUT2D eigenvalue weighted by atomic mass is 10.2. The number of nitrogens with one attached hydrogen (secondary N) is 2. The zero-order chi connectivity index (χ0) is 15.0. The molecule has 0 aliphatic heterocycles. The van der Waals surface area contributed by atoms with E-state index in [1.165, 1.54) is 0 Å². The second-order valence-corrected chi connectivity index (χ2v) is 3.98. The van der Waals surface area contributed by atoms with Gasteiger partial charge in [-0.2, -0.15) is 12.6 Å². The first-order valence-corrected chi connectivity index (χ1v) is 5.92. The van der Waals surface area contributed by atoms with E-state index in [1.54, 1.807) is 0 Å². The number of carbonyl (C=O) groups is 3. The van der Waals surface area contributed by atoms with Crippen LogP contribution in [-0.2, 0) is 14.4 Å². The Morgan fingerprint density at radius 1 is 1.05 bits per heavy atom. The second kappa shape index (κ2) is 8.69. The van der Waals surface area contributed by atoms with Crippen LogP contribution in [0.1, 0.15) is 0 Å². The normalized spacial score (nSPS) is 15.2. The number of thiol groups is 1. The maximum absolute atomic E-state index is 11.6. The highest BCUT2D eigenvalue weighted by molar-refractivity contribution is 7.80. The van der Waals surface area contributed by atoms with Gasteiger partial charge in [0.15, 0.2) is 0 Å². The lowest BCUT2D eigenvalue weighted by Crippen LogP contribution is -2.56. The molecule has 0 aromatic rings. The molecule has 0 bridgehead atoms. The minimum Gasteiger partial charge on any atom is -0.480 e. The summed E-state index contributed by atoms with van der Waals surface area (Å²) in [4.78, 5) is 33.6. The Bertz CT molecular complexity index is 340. The molecule has 7 N–H and O–H groups in total. The Morgan fingerprint density at radius 2 is 1.53 bits per heavy atom. The molecule has 0 aliphatic rings. The summed E-state index contributed by atoms with van der Waals surface area (Å²) in [5.74, 6) is -3.05. The summed E-state index contributed by atoms with van der Waals surface area (Å²) in [6, 6.07) is -3.83. The topological polar surface area (TPSA) is 162 Å². The van der Waals surface area contributed by atoms with Crippen molar-refractivity contribution in [2.24, 2.45) is 5.73 Å². The number of carboxylic acid groups (broad SMARTS) is 1. The molecule has 0 rings (SSSR count). The van der Waals surface area contributed by atoms with Gasteiger partial charge >= 0.3 is 5.97 Å². The molecule has 9 nitrogen and oxygen atoms in total. The second-order valence-electron chi connectivity index (χ2n) is 3.61. The van der Waals surface area contributed by atoms with Crippen LogP contribution in [-0.4, -0.2) is 70.2 Å². The van der Waals surface area contributed by atoms with Crippen molar-refractivity contribution in [3.05, 3.63) is 0 Å². The van der Waals surface area contributed by atoms with Gasteiger partial charge < -0.3 is 31.7 Å². The standard InChI is InChI=1S/C9H17N3O6S/c10-4(3-19)7(15)11-5(1-13)8(16)12-6(2-14)9(17)18/h4-6,13-14,19H,1-3,10H2,(H,11,15)(H,12,16)(H,17,18)/t4-,5-,6-/m0/s1. The number of aliphatic carboxylic acids is 1. The molecule has 0 aromatic carbocycles. The van der Waals surface area contributed by atoms with Crippen LogP contribution in [0.15, 0.2) is 0 Å². The molecule has 3 atom stereocenters. The van der Waals surface area contributed by atoms with Crippen molar-refractivity contribution in [3.8, 4) is 0 Å². The van der Waals surface area contributed by atoms with E-state index in [1.807, 2.05) is 5.32 Å². The molecule has 0 spiro atoms. The lowest BCUT2D eigenvalue weighted by Gasteiger charge is -2.20. The number of amides is 2. The summed E-state index contributed by atoms with van der Waals surface area (Å²) in [6.45, 7) is -1.56. The maximum atomic E-state index is 11.6. The largest absolute Gasteiger partial charge is 0.480 e. The molecule has 0 aromatic heterocycles. The molecule has 0 radical (unpaired) electrons. The van der Waals surface area contributed by atoms with Crippen LogP contribution in [0.25, 0.3) is 0 Å². The Balaban J connectivity index is 4.56. The number of aliphatic hydroxyl groups excluding tert-OH is 2. The number of carbonyl (C=O) groups excluding carboxylic acids is 2. The fraction of sp³-hybridized carbons (Fsp3) is 0.667. The van der Waals surface area contributed by atoms with Crippen molar-refractivity contribution in [3.63, 3.8) is 0 Å². The van der Waals surface area contributed by atoms with Gasteiger partial charge in [-0.25, -0.2) is 4.79 Å². The van der Waals surface area contributed by atoms with Crippen molar-refractivity contribution in [1.29, 1.82) is 0 Å². The van der Waals surface area contributed by atoms with Crippen molar-refractivity contribution < 1.29 is 29.7 Å². The quantitative estimate of drug-likeness (QED) is 0.226. The van der Waals surface area contributed by atoms with Gasteiger partial charge in [-0.1, -0.05) is 0 Å². The van der Waals surface area contributed by atoms with Crippen molar-refractivity contribution in [2.75, 3.05) is 19.0 Å². The van der Waals surface area contributed by atoms with Gasteiger partial charge in [-0.3, -0.25) is 9.59 Å². The Hall–Kier alpha value is -1.36. The molecule has 0 unspecified atom stereocenters. The molecule has 19 heavy (non-hydrogen) atoms. The monoisotopic (exact) mass is 295 g/mol. The number of nitrogens with two attached hydrogens (primary N) is 1. The van der Waals surface area contributed by atoms with Crippen LogP contribution in [0.4, 0.5) is 0 Å². The Morgan fingerprint density at radius 3 is 1.89 bits per heavy atom. The van der Waals surface area contributed by atoms with Crippen LogP contribution in [0.3, 0.4) is 0 Å². The summed E-state index contributed by atoms with van der Waals surface area (Å²) >= 11 is 3.80. The number of hydrogen-bond donors (Lipinski definition) is 7. The molecule has 0 aliphatic carbocycles. The van der Waals surface area contributed by atoms with Gasteiger partial charge in [0.05, 0.1) is 19.3 Å². The highest BCUT2D eigenvalue weighted by Gasteiger charge is 2.26. The highest BCUT2D eigenvalue weighted by atomic mass is 32.1. The predicted octanol–water partition coefficient (Wildman–Crippen LogP) is -3.72. The van der Waals surface area contributed by atoms with E-state index in [-0.39, 0.29) is 5.75 Å². The minimum absolute atomic E-state index is 0.0417.